The van der Waals surface area contributed by atoms with Gasteiger partial charge in [-0.15, -0.1) is 0 Å². The highest BCUT2D eigenvalue weighted by molar-refractivity contribution is 6.39. The number of amides is 2. The highest BCUT2D eigenvalue weighted by atomic mass is 35.5. The van der Waals surface area contributed by atoms with Gasteiger partial charge in [-0.3, -0.25) is 9.59 Å². The van der Waals surface area contributed by atoms with Crippen LogP contribution in [-0.4, -0.2) is 47.9 Å². The Kier molecular flexibility index (Phi) is 5.40. The number of carbonyl (C=O) groups is 2. The number of piperazine rings is 1. The SMILES string of the molecule is O=C(Nc1ccc(Cl)cn1)C(=O)N1CCN(c2cccc(Cl)c2)CC1. The van der Waals surface area contributed by atoms with Gasteiger partial charge in [0.1, 0.15) is 5.82 Å². The minimum Gasteiger partial charge on any atom is -0.368 e. The molecule has 0 unspecified atom stereocenters. The summed E-state index contributed by atoms with van der Waals surface area (Å²) in [6.45, 7) is 2.21. The van der Waals surface area contributed by atoms with Crippen LogP contribution in [0.3, 0.4) is 0 Å². The molecule has 0 aliphatic carbocycles. The molecule has 25 heavy (non-hydrogen) atoms. The van der Waals surface area contributed by atoms with Crippen molar-refractivity contribution < 1.29 is 9.59 Å². The van der Waals surface area contributed by atoms with Crippen LogP contribution in [0.5, 0.6) is 0 Å². The fourth-order valence-electron chi connectivity index (χ4n) is 2.60. The summed E-state index contributed by atoms with van der Waals surface area (Å²) in [5.41, 5.74) is 1.01. The van der Waals surface area contributed by atoms with Crippen molar-refractivity contribution in [2.45, 2.75) is 0 Å². The van der Waals surface area contributed by atoms with E-state index in [0.717, 1.165) is 5.69 Å². The third kappa shape index (κ3) is 4.41. The van der Waals surface area contributed by atoms with Crippen LogP contribution in [0.25, 0.3) is 0 Å². The molecule has 0 radical (unpaired) electrons. The van der Waals surface area contributed by atoms with Gasteiger partial charge in [0.2, 0.25) is 0 Å². The van der Waals surface area contributed by atoms with Crippen molar-refractivity contribution in [3.05, 3.63) is 52.6 Å². The van der Waals surface area contributed by atoms with E-state index in [-0.39, 0.29) is 0 Å². The standard InChI is InChI=1S/C17H16Cl2N4O2/c18-12-2-1-3-14(10-12)22-6-8-23(9-7-22)17(25)16(24)21-15-5-4-13(19)11-20-15/h1-5,10-11H,6-9H2,(H,20,21,24). The summed E-state index contributed by atoms with van der Waals surface area (Å²) in [6.07, 6.45) is 1.41. The number of anilines is 2. The van der Waals surface area contributed by atoms with Gasteiger partial charge in [-0.05, 0) is 30.3 Å². The molecule has 1 N–H and O–H groups in total. The topological polar surface area (TPSA) is 65.5 Å². The normalized spacial score (nSPS) is 14.3. The number of hydrogen-bond acceptors (Lipinski definition) is 4. The van der Waals surface area contributed by atoms with Gasteiger partial charge in [-0.2, -0.15) is 0 Å². The molecule has 6 nitrogen and oxygen atoms in total. The first-order valence-corrected chi connectivity index (χ1v) is 8.51. The molecule has 3 rings (SSSR count). The Morgan fingerprint density at radius 2 is 1.76 bits per heavy atom. The van der Waals surface area contributed by atoms with E-state index >= 15 is 0 Å². The zero-order valence-electron chi connectivity index (χ0n) is 13.3. The lowest BCUT2D eigenvalue weighted by molar-refractivity contribution is -0.143. The first-order valence-electron chi connectivity index (χ1n) is 7.75. The van der Waals surface area contributed by atoms with Crippen LogP contribution in [-0.2, 0) is 9.59 Å². The van der Waals surface area contributed by atoms with Crippen LogP contribution in [0.4, 0.5) is 11.5 Å². The molecule has 1 aliphatic rings. The van der Waals surface area contributed by atoms with Crippen molar-refractivity contribution in [2.75, 3.05) is 36.4 Å². The molecule has 8 heteroatoms. The molecule has 2 amide bonds. The Labute approximate surface area is 155 Å². The maximum Gasteiger partial charge on any atom is 0.315 e. The quantitative estimate of drug-likeness (QED) is 0.815. The number of carbonyl (C=O) groups excluding carboxylic acids is 2. The van der Waals surface area contributed by atoms with Crippen LogP contribution in [0.2, 0.25) is 10.0 Å². The lowest BCUT2D eigenvalue weighted by atomic mass is 10.2. The molecule has 1 aromatic heterocycles. The zero-order valence-corrected chi connectivity index (χ0v) is 14.8. The molecule has 2 aromatic rings. The van der Waals surface area contributed by atoms with Gasteiger partial charge in [-0.1, -0.05) is 29.3 Å². The Hall–Kier alpha value is -2.31. The largest absolute Gasteiger partial charge is 0.368 e. The second-order valence-electron chi connectivity index (χ2n) is 5.57. The molecule has 1 aromatic carbocycles. The second-order valence-corrected chi connectivity index (χ2v) is 6.45. The molecule has 1 fully saturated rings. The van der Waals surface area contributed by atoms with Crippen LogP contribution >= 0.6 is 23.2 Å². The number of halogens is 2. The molecule has 0 bridgehead atoms. The summed E-state index contributed by atoms with van der Waals surface area (Å²) >= 11 is 11.8. The van der Waals surface area contributed by atoms with Crippen molar-refractivity contribution >= 4 is 46.5 Å². The maximum absolute atomic E-state index is 12.3. The Morgan fingerprint density at radius 1 is 1.00 bits per heavy atom. The van der Waals surface area contributed by atoms with Gasteiger partial charge in [0.25, 0.3) is 0 Å². The minimum absolute atomic E-state index is 0.292. The molecular weight excluding hydrogens is 363 g/mol. The fraction of sp³-hybridized carbons (Fsp3) is 0.235. The first-order chi connectivity index (χ1) is 12.0. The lowest BCUT2D eigenvalue weighted by Gasteiger charge is -2.35. The molecule has 2 heterocycles. The number of aromatic nitrogens is 1. The molecule has 130 valence electrons. The number of rotatable bonds is 2. The van der Waals surface area contributed by atoms with Crippen molar-refractivity contribution in [1.29, 1.82) is 0 Å². The van der Waals surface area contributed by atoms with Gasteiger partial charge in [-0.25, -0.2) is 4.98 Å². The van der Waals surface area contributed by atoms with Gasteiger partial charge in [0, 0.05) is 43.1 Å². The Balaban J connectivity index is 1.55. The van der Waals surface area contributed by atoms with Crippen molar-refractivity contribution in [3.8, 4) is 0 Å². The second kappa shape index (κ2) is 7.72. The van der Waals surface area contributed by atoms with E-state index in [2.05, 4.69) is 15.2 Å². The predicted octanol–water partition coefficient (Wildman–Crippen LogP) is 2.68. The minimum atomic E-state index is -0.703. The van der Waals surface area contributed by atoms with E-state index in [1.54, 1.807) is 12.1 Å². The average molecular weight is 379 g/mol. The number of nitrogens with zero attached hydrogens (tertiary/aromatic N) is 3. The summed E-state index contributed by atoms with van der Waals surface area (Å²) in [4.78, 5) is 32.0. The van der Waals surface area contributed by atoms with E-state index in [1.807, 2.05) is 24.3 Å². The molecule has 0 saturated carbocycles. The molecular formula is C17H16Cl2N4O2. The van der Waals surface area contributed by atoms with E-state index in [1.165, 1.54) is 11.1 Å². The third-order valence-corrected chi connectivity index (χ3v) is 4.36. The van der Waals surface area contributed by atoms with Crippen LogP contribution in [0, 0.1) is 0 Å². The number of benzene rings is 1. The number of nitrogens with one attached hydrogen (secondary N) is 1. The van der Waals surface area contributed by atoms with E-state index in [0.29, 0.717) is 42.0 Å². The third-order valence-electron chi connectivity index (χ3n) is 3.90. The Bertz CT molecular complexity index is 774. The first kappa shape index (κ1) is 17.5. The van der Waals surface area contributed by atoms with Crippen molar-refractivity contribution in [2.24, 2.45) is 0 Å². The monoisotopic (exact) mass is 378 g/mol. The summed E-state index contributed by atoms with van der Waals surface area (Å²) in [7, 11) is 0. The highest BCUT2D eigenvalue weighted by Gasteiger charge is 2.26. The van der Waals surface area contributed by atoms with E-state index < -0.39 is 11.8 Å². The van der Waals surface area contributed by atoms with Gasteiger partial charge in [0.15, 0.2) is 0 Å². The smallest absolute Gasteiger partial charge is 0.315 e. The summed E-state index contributed by atoms with van der Waals surface area (Å²) < 4.78 is 0. The summed E-state index contributed by atoms with van der Waals surface area (Å²) in [5.74, 6) is -0.978. The molecule has 0 spiro atoms. The predicted molar refractivity (Wildman–Crippen MR) is 98.1 cm³/mol. The Morgan fingerprint density at radius 3 is 2.40 bits per heavy atom. The van der Waals surface area contributed by atoms with Crippen molar-refractivity contribution in [1.82, 2.24) is 9.88 Å². The highest BCUT2D eigenvalue weighted by Crippen LogP contribution is 2.20. The number of hydrogen-bond donors (Lipinski definition) is 1. The van der Waals surface area contributed by atoms with E-state index in [9.17, 15) is 9.59 Å². The van der Waals surface area contributed by atoms with Gasteiger partial charge in [0.05, 0.1) is 5.02 Å². The lowest BCUT2D eigenvalue weighted by Crippen LogP contribution is -2.51. The zero-order chi connectivity index (χ0) is 17.8. The maximum atomic E-state index is 12.3. The molecule has 1 saturated heterocycles. The summed E-state index contributed by atoms with van der Waals surface area (Å²) in [6, 6.07) is 10.7. The van der Waals surface area contributed by atoms with Crippen LogP contribution in [0.15, 0.2) is 42.6 Å². The molecule has 1 aliphatic heterocycles. The van der Waals surface area contributed by atoms with Crippen molar-refractivity contribution in [3.63, 3.8) is 0 Å². The summed E-state index contributed by atoms with van der Waals surface area (Å²) in [5, 5.41) is 3.62. The number of pyridine rings is 1. The fourth-order valence-corrected chi connectivity index (χ4v) is 2.90. The van der Waals surface area contributed by atoms with Crippen LogP contribution in [0.1, 0.15) is 0 Å². The van der Waals surface area contributed by atoms with E-state index in [4.69, 9.17) is 23.2 Å². The van der Waals surface area contributed by atoms with Gasteiger partial charge < -0.3 is 15.1 Å². The van der Waals surface area contributed by atoms with Crippen LogP contribution < -0.4 is 10.2 Å². The average Bonchev–Trinajstić information content (AvgIpc) is 2.63. The molecule has 0 atom stereocenters. The van der Waals surface area contributed by atoms with Gasteiger partial charge >= 0.3 is 11.8 Å².